The van der Waals surface area contributed by atoms with Crippen molar-refractivity contribution in [3.05, 3.63) is 24.0 Å². The number of methoxy groups -OCH3 is 2. The van der Waals surface area contributed by atoms with Crippen molar-refractivity contribution in [1.82, 2.24) is 5.32 Å². The summed E-state index contributed by atoms with van der Waals surface area (Å²) >= 11 is 0. The lowest BCUT2D eigenvalue weighted by Gasteiger charge is -2.15. The molecule has 0 aliphatic rings. The van der Waals surface area contributed by atoms with Gasteiger partial charge in [-0.1, -0.05) is 0 Å². The molecule has 2 amide bonds. The maximum atomic E-state index is 13.2. The quantitative estimate of drug-likeness (QED) is 0.708. The van der Waals surface area contributed by atoms with Crippen molar-refractivity contribution in [1.29, 1.82) is 0 Å². The molecule has 0 radical (unpaired) electrons. The SMILES string of the molecule is COCCC(NC(=O)Nc1ccc(F)c(OC)c1)C(=O)O. The predicted molar refractivity (Wildman–Crippen MR) is 73.0 cm³/mol. The number of carboxylic acids is 1. The molecule has 1 aromatic rings. The Hall–Kier alpha value is -2.35. The number of aliphatic carboxylic acids is 1. The first-order valence-electron chi connectivity index (χ1n) is 6.10. The van der Waals surface area contributed by atoms with E-state index in [4.69, 9.17) is 14.6 Å². The van der Waals surface area contributed by atoms with Gasteiger partial charge < -0.3 is 25.2 Å². The zero-order valence-corrected chi connectivity index (χ0v) is 11.7. The largest absolute Gasteiger partial charge is 0.494 e. The first-order valence-corrected chi connectivity index (χ1v) is 6.10. The summed E-state index contributed by atoms with van der Waals surface area (Å²) in [7, 11) is 2.73. The minimum Gasteiger partial charge on any atom is -0.494 e. The molecule has 0 aliphatic carbocycles. The van der Waals surface area contributed by atoms with E-state index in [2.05, 4.69) is 10.6 Å². The van der Waals surface area contributed by atoms with Gasteiger partial charge in [-0.15, -0.1) is 0 Å². The average Bonchev–Trinajstić information content (AvgIpc) is 2.45. The molecular formula is C13H17FN2O5. The number of amides is 2. The van der Waals surface area contributed by atoms with E-state index >= 15 is 0 Å². The van der Waals surface area contributed by atoms with Crippen LogP contribution in [0.2, 0.25) is 0 Å². The molecule has 0 fully saturated rings. The number of ether oxygens (including phenoxy) is 2. The summed E-state index contributed by atoms with van der Waals surface area (Å²) in [4.78, 5) is 22.7. The summed E-state index contributed by atoms with van der Waals surface area (Å²) in [6, 6.07) is 1.97. The molecule has 0 aromatic heterocycles. The lowest BCUT2D eigenvalue weighted by molar-refractivity contribution is -0.139. The van der Waals surface area contributed by atoms with E-state index in [1.165, 1.54) is 26.4 Å². The topological polar surface area (TPSA) is 96.9 Å². The Morgan fingerprint density at radius 1 is 1.38 bits per heavy atom. The normalized spacial score (nSPS) is 11.6. The highest BCUT2D eigenvalue weighted by molar-refractivity contribution is 5.92. The van der Waals surface area contributed by atoms with Gasteiger partial charge in [-0.2, -0.15) is 0 Å². The third-order valence-corrected chi connectivity index (χ3v) is 2.62. The number of hydrogen-bond acceptors (Lipinski definition) is 4. The van der Waals surface area contributed by atoms with Crippen LogP contribution in [-0.2, 0) is 9.53 Å². The first-order chi connectivity index (χ1) is 9.97. The van der Waals surface area contributed by atoms with E-state index < -0.39 is 23.9 Å². The van der Waals surface area contributed by atoms with Crippen molar-refractivity contribution < 1.29 is 28.6 Å². The van der Waals surface area contributed by atoms with Crippen LogP contribution < -0.4 is 15.4 Å². The Morgan fingerprint density at radius 3 is 2.67 bits per heavy atom. The summed E-state index contributed by atoms with van der Waals surface area (Å²) in [5.41, 5.74) is 0.279. The molecule has 8 heteroatoms. The highest BCUT2D eigenvalue weighted by atomic mass is 19.1. The number of carbonyl (C=O) groups is 2. The summed E-state index contributed by atoms with van der Waals surface area (Å²) in [5, 5.41) is 13.7. The Labute approximate surface area is 121 Å². The van der Waals surface area contributed by atoms with Gasteiger partial charge >= 0.3 is 12.0 Å². The van der Waals surface area contributed by atoms with Crippen molar-refractivity contribution >= 4 is 17.7 Å². The Morgan fingerprint density at radius 2 is 2.10 bits per heavy atom. The molecule has 1 aromatic carbocycles. The van der Waals surface area contributed by atoms with Crippen molar-refractivity contribution in [2.24, 2.45) is 0 Å². The maximum absolute atomic E-state index is 13.2. The van der Waals surface area contributed by atoms with Crippen molar-refractivity contribution in [3.8, 4) is 5.75 Å². The fourth-order valence-electron chi connectivity index (χ4n) is 1.56. The first kappa shape index (κ1) is 16.7. The van der Waals surface area contributed by atoms with Gasteiger partial charge in [-0.05, 0) is 12.1 Å². The number of hydrogen-bond donors (Lipinski definition) is 3. The molecule has 0 spiro atoms. The van der Waals surface area contributed by atoms with Gasteiger partial charge in [0.05, 0.1) is 7.11 Å². The molecule has 0 aliphatic heterocycles. The molecule has 3 N–H and O–H groups in total. The van der Waals surface area contributed by atoms with Crippen molar-refractivity contribution in [2.45, 2.75) is 12.5 Å². The molecular weight excluding hydrogens is 283 g/mol. The number of benzene rings is 1. The minimum atomic E-state index is -1.17. The second kappa shape index (κ2) is 8.05. The van der Waals surface area contributed by atoms with Crippen LogP contribution in [-0.4, -0.2) is 44.0 Å². The number of halogens is 1. The molecule has 1 unspecified atom stereocenters. The van der Waals surface area contributed by atoms with Crippen molar-refractivity contribution in [2.75, 3.05) is 26.1 Å². The summed E-state index contributed by atoms with van der Waals surface area (Å²) < 4.78 is 22.8. The summed E-state index contributed by atoms with van der Waals surface area (Å²) in [6.45, 7) is 0.196. The minimum absolute atomic E-state index is 0.0260. The van der Waals surface area contributed by atoms with Crippen LogP contribution in [0.4, 0.5) is 14.9 Å². The van der Waals surface area contributed by atoms with Gasteiger partial charge in [0, 0.05) is 31.9 Å². The molecule has 0 bridgehead atoms. The average molecular weight is 300 g/mol. The molecule has 116 valence electrons. The van der Waals surface area contributed by atoms with Gasteiger partial charge in [0.2, 0.25) is 0 Å². The molecule has 1 atom stereocenters. The fourth-order valence-corrected chi connectivity index (χ4v) is 1.56. The monoisotopic (exact) mass is 300 g/mol. The number of carbonyl (C=O) groups excluding carboxylic acids is 1. The number of urea groups is 1. The van der Waals surface area contributed by atoms with E-state index in [-0.39, 0.29) is 24.5 Å². The van der Waals surface area contributed by atoms with Gasteiger partial charge in [0.25, 0.3) is 0 Å². The Balaban J connectivity index is 2.65. The van der Waals surface area contributed by atoms with Crippen LogP contribution in [0.1, 0.15) is 6.42 Å². The lowest BCUT2D eigenvalue weighted by Crippen LogP contribution is -2.43. The number of carboxylic acid groups (broad SMARTS) is 1. The molecule has 0 heterocycles. The van der Waals surface area contributed by atoms with Crippen LogP contribution in [0, 0.1) is 5.82 Å². The molecule has 1 rings (SSSR count). The van der Waals surface area contributed by atoms with E-state index in [9.17, 15) is 14.0 Å². The summed E-state index contributed by atoms with van der Waals surface area (Å²) in [5.74, 6) is -1.76. The molecule has 0 saturated carbocycles. The zero-order valence-electron chi connectivity index (χ0n) is 11.7. The maximum Gasteiger partial charge on any atom is 0.326 e. The van der Waals surface area contributed by atoms with Crippen LogP contribution in [0.5, 0.6) is 5.75 Å². The zero-order chi connectivity index (χ0) is 15.8. The van der Waals surface area contributed by atoms with Gasteiger partial charge in [0.15, 0.2) is 11.6 Å². The number of rotatable bonds is 7. The van der Waals surface area contributed by atoms with Crippen LogP contribution in [0.3, 0.4) is 0 Å². The van der Waals surface area contributed by atoms with E-state index in [1.54, 1.807) is 0 Å². The Kier molecular flexibility index (Phi) is 6.41. The van der Waals surface area contributed by atoms with Crippen molar-refractivity contribution in [3.63, 3.8) is 0 Å². The van der Waals surface area contributed by atoms with E-state index in [0.29, 0.717) is 0 Å². The third-order valence-electron chi connectivity index (χ3n) is 2.62. The smallest absolute Gasteiger partial charge is 0.326 e. The number of anilines is 1. The van der Waals surface area contributed by atoms with E-state index in [1.807, 2.05) is 0 Å². The standard InChI is InChI=1S/C13H17FN2O5/c1-20-6-5-10(12(17)18)16-13(19)15-8-3-4-9(14)11(7-8)21-2/h3-4,7,10H,5-6H2,1-2H3,(H,17,18)(H2,15,16,19). The molecule has 7 nitrogen and oxygen atoms in total. The lowest BCUT2D eigenvalue weighted by atomic mass is 10.2. The van der Waals surface area contributed by atoms with E-state index in [0.717, 1.165) is 6.07 Å². The van der Waals surface area contributed by atoms with Gasteiger partial charge in [0.1, 0.15) is 6.04 Å². The fraction of sp³-hybridized carbons (Fsp3) is 0.385. The second-order valence-electron chi connectivity index (χ2n) is 4.12. The predicted octanol–water partition coefficient (Wildman–Crippen LogP) is 1.45. The Bertz CT molecular complexity index is 509. The highest BCUT2D eigenvalue weighted by Crippen LogP contribution is 2.21. The molecule has 0 saturated heterocycles. The number of nitrogens with one attached hydrogen (secondary N) is 2. The second-order valence-corrected chi connectivity index (χ2v) is 4.12. The van der Waals surface area contributed by atoms with Gasteiger partial charge in [-0.3, -0.25) is 0 Å². The van der Waals surface area contributed by atoms with Crippen LogP contribution >= 0.6 is 0 Å². The summed E-state index contributed by atoms with van der Waals surface area (Å²) in [6.07, 6.45) is 0.131. The van der Waals surface area contributed by atoms with Crippen LogP contribution in [0.25, 0.3) is 0 Å². The highest BCUT2D eigenvalue weighted by Gasteiger charge is 2.19. The van der Waals surface area contributed by atoms with Crippen LogP contribution in [0.15, 0.2) is 18.2 Å². The third kappa shape index (κ3) is 5.27. The molecule has 21 heavy (non-hydrogen) atoms. The van der Waals surface area contributed by atoms with Gasteiger partial charge in [-0.25, -0.2) is 14.0 Å².